The van der Waals surface area contributed by atoms with E-state index in [0.717, 1.165) is 0 Å². The Morgan fingerprint density at radius 3 is 2.58 bits per heavy atom. The molecule has 8 heteroatoms. The lowest BCUT2D eigenvalue weighted by Crippen LogP contribution is -2.18. The molecule has 0 aliphatic carbocycles. The number of benzene rings is 1. The molecule has 0 spiro atoms. The zero-order valence-corrected chi connectivity index (χ0v) is 11.1. The molecular weight excluding hydrogens is 327 g/mol. The summed E-state index contributed by atoms with van der Waals surface area (Å²) in [5.74, 6) is 0.0721. The number of nitrogens with two attached hydrogens (primary N) is 1. The molecule has 102 valence electrons. The molecule has 1 aromatic heterocycles. The van der Waals surface area contributed by atoms with Crippen LogP contribution in [0.4, 0.5) is 19.0 Å². The molecule has 0 aliphatic heterocycles. The fourth-order valence-electron chi connectivity index (χ4n) is 1.52. The summed E-state index contributed by atoms with van der Waals surface area (Å²) in [6, 6.07) is 5.86. The minimum absolute atomic E-state index is 0.0870. The monoisotopic (exact) mass is 335 g/mol. The molecule has 0 saturated heterocycles. The number of alkyl halides is 3. The minimum Gasteiger partial charge on any atom is -0.405 e. The van der Waals surface area contributed by atoms with Crippen LogP contribution in [0.1, 0.15) is 5.56 Å². The van der Waals surface area contributed by atoms with Crippen LogP contribution in [0.2, 0.25) is 0 Å². The molecule has 2 aromatic rings. The van der Waals surface area contributed by atoms with E-state index in [1.807, 2.05) is 0 Å². The number of nitrogen functional groups attached to an aromatic ring is 1. The van der Waals surface area contributed by atoms with Gasteiger partial charge in [-0.15, -0.1) is 13.2 Å². The Kier molecular flexibility index (Phi) is 3.70. The summed E-state index contributed by atoms with van der Waals surface area (Å²) in [7, 11) is 0. The molecule has 0 saturated carbocycles. The van der Waals surface area contributed by atoms with Crippen LogP contribution in [0.15, 0.2) is 34.9 Å². The molecule has 0 aliphatic rings. The highest BCUT2D eigenvalue weighted by molar-refractivity contribution is 9.10. The van der Waals surface area contributed by atoms with E-state index in [1.54, 1.807) is 6.07 Å². The minimum atomic E-state index is -4.73. The van der Waals surface area contributed by atoms with Gasteiger partial charge in [-0.25, -0.2) is 4.68 Å². The number of para-hydroxylation sites is 1. The highest BCUT2D eigenvalue weighted by Gasteiger charge is 2.32. The van der Waals surface area contributed by atoms with E-state index in [-0.39, 0.29) is 12.3 Å². The Morgan fingerprint density at radius 2 is 2.00 bits per heavy atom. The lowest BCUT2D eigenvalue weighted by atomic mass is 10.2. The molecule has 0 amide bonds. The summed E-state index contributed by atoms with van der Waals surface area (Å²) in [6.07, 6.45) is -3.26. The predicted molar refractivity (Wildman–Crippen MR) is 66.6 cm³/mol. The largest absolute Gasteiger partial charge is 0.573 e. The summed E-state index contributed by atoms with van der Waals surface area (Å²) in [4.78, 5) is 0. The number of aromatic nitrogens is 2. The van der Waals surface area contributed by atoms with Crippen molar-refractivity contribution < 1.29 is 17.9 Å². The second kappa shape index (κ2) is 5.12. The van der Waals surface area contributed by atoms with Crippen molar-refractivity contribution in [2.24, 2.45) is 0 Å². The van der Waals surface area contributed by atoms with Crippen LogP contribution in [-0.2, 0) is 6.54 Å². The molecule has 0 fully saturated rings. The normalized spacial score (nSPS) is 11.6. The van der Waals surface area contributed by atoms with Crippen molar-refractivity contribution in [3.05, 3.63) is 40.5 Å². The van der Waals surface area contributed by atoms with E-state index < -0.39 is 6.36 Å². The van der Waals surface area contributed by atoms with Crippen LogP contribution >= 0.6 is 15.9 Å². The number of rotatable bonds is 3. The van der Waals surface area contributed by atoms with Gasteiger partial charge in [-0.2, -0.15) is 5.10 Å². The molecule has 2 rings (SSSR count). The molecule has 1 heterocycles. The first kappa shape index (κ1) is 13.7. The summed E-state index contributed by atoms with van der Waals surface area (Å²) in [6.45, 7) is 0.0870. The first-order valence-electron chi connectivity index (χ1n) is 5.17. The van der Waals surface area contributed by atoms with Crippen LogP contribution in [-0.4, -0.2) is 16.1 Å². The Labute approximate surface area is 115 Å². The Morgan fingerprint density at radius 1 is 1.32 bits per heavy atom. The van der Waals surface area contributed by atoms with Crippen molar-refractivity contribution >= 4 is 21.7 Å². The van der Waals surface area contributed by atoms with Gasteiger partial charge in [0.1, 0.15) is 11.6 Å². The van der Waals surface area contributed by atoms with E-state index in [0.29, 0.717) is 15.9 Å². The van der Waals surface area contributed by atoms with Gasteiger partial charge in [-0.3, -0.25) is 0 Å². The maximum Gasteiger partial charge on any atom is 0.573 e. The average molecular weight is 336 g/mol. The van der Waals surface area contributed by atoms with Gasteiger partial charge in [0.15, 0.2) is 0 Å². The second-order valence-corrected chi connectivity index (χ2v) is 4.55. The van der Waals surface area contributed by atoms with E-state index in [9.17, 15) is 13.2 Å². The molecule has 0 unspecified atom stereocenters. The lowest BCUT2D eigenvalue weighted by Gasteiger charge is -2.13. The van der Waals surface area contributed by atoms with Gasteiger partial charge in [-0.05, 0) is 22.0 Å². The molecule has 4 nitrogen and oxygen atoms in total. The third-order valence-corrected chi connectivity index (χ3v) is 2.96. The average Bonchev–Trinajstić information content (AvgIpc) is 2.62. The smallest absolute Gasteiger partial charge is 0.405 e. The third kappa shape index (κ3) is 3.40. The fourth-order valence-corrected chi connectivity index (χ4v) is 1.81. The summed E-state index contributed by atoms with van der Waals surface area (Å²) in [5, 5.41) is 3.96. The summed E-state index contributed by atoms with van der Waals surface area (Å²) < 4.78 is 42.7. The number of hydrogen-bond donors (Lipinski definition) is 1. The van der Waals surface area contributed by atoms with E-state index in [1.165, 1.54) is 29.1 Å². The molecule has 19 heavy (non-hydrogen) atoms. The van der Waals surface area contributed by atoms with Gasteiger partial charge in [-0.1, -0.05) is 18.2 Å². The Bertz CT molecular complexity index is 583. The van der Waals surface area contributed by atoms with E-state index in [4.69, 9.17) is 5.73 Å². The van der Waals surface area contributed by atoms with Crippen molar-refractivity contribution in [2.45, 2.75) is 12.9 Å². The van der Waals surface area contributed by atoms with Crippen LogP contribution in [0, 0.1) is 0 Å². The SMILES string of the molecule is Nc1c(Br)cnn1Cc1ccccc1OC(F)(F)F. The summed E-state index contributed by atoms with van der Waals surface area (Å²) in [5.41, 5.74) is 6.05. The lowest BCUT2D eigenvalue weighted by molar-refractivity contribution is -0.274. The topological polar surface area (TPSA) is 53.1 Å². The fraction of sp³-hybridized carbons (Fsp3) is 0.182. The van der Waals surface area contributed by atoms with Gasteiger partial charge in [0, 0.05) is 5.56 Å². The highest BCUT2D eigenvalue weighted by atomic mass is 79.9. The molecule has 0 atom stereocenters. The van der Waals surface area contributed by atoms with Gasteiger partial charge in [0.05, 0.1) is 17.2 Å². The number of nitrogens with zero attached hydrogens (tertiary/aromatic N) is 2. The zero-order valence-electron chi connectivity index (χ0n) is 9.49. The number of halogens is 4. The number of hydrogen-bond acceptors (Lipinski definition) is 3. The van der Waals surface area contributed by atoms with Crippen molar-refractivity contribution in [1.82, 2.24) is 9.78 Å². The van der Waals surface area contributed by atoms with Crippen molar-refractivity contribution in [3.8, 4) is 5.75 Å². The third-order valence-electron chi connectivity index (χ3n) is 2.35. The van der Waals surface area contributed by atoms with Crippen molar-refractivity contribution in [2.75, 3.05) is 5.73 Å². The van der Waals surface area contributed by atoms with Gasteiger partial charge >= 0.3 is 6.36 Å². The predicted octanol–water partition coefficient (Wildman–Crippen LogP) is 3.17. The van der Waals surface area contributed by atoms with Gasteiger partial charge in [0.2, 0.25) is 0 Å². The quantitative estimate of drug-likeness (QED) is 0.937. The molecule has 2 N–H and O–H groups in total. The molecule has 0 radical (unpaired) electrons. The van der Waals surface area contributed by atoms with E-state index >= 15 is 0 Å². The maximum absolute atomic E-state index is 12.3. The first-order chi connectivity index (χ1) is 8.87. The number of ether oxygens (including phenoxy) is 1. The maximum atomic E-state index is 12.3. The van der Waals surface area contributed by atoms with Crippen LogP contribution in [0.3, 0.4) is 0 Å². The van der Waals surface area contributed by atoms with Crippen LogP contribution < -0.4 is 10.5 Å². The molecule has 1 aromatic carbocycles. The van der Waals surface area contributed by atoms with E-state index in [2.05, 4.69) is 25.8 Å². The Hall–Kier alpha value is -1.70. The molecule has 0 bridgehead atoms. The standard InChI is InChI=1S/C11H9BrF3N3O/c12-8-5-17-18(10(8)16)6-7-3-1-2-4-9(7)19-11(13,14)15/h1-5H,6,16H2. The van der Waals surface area contributed by atoms with Gasteiger partial charge in [0.25, 0.3) is 0 Å². The van der Waals surface area contributed by atoms with Crippen LogP contribution in [0.5, 0.6) is 5.75 Å². The Balaban J connectivity index is 2.28. The van der Waals surface area contributed by atoms with Crippen LogP contribution in [0.25, 0.3) is 0 Å². The molecular formula is C11H9BrF3N3O. The first-order valence-corrected chi connectivity index (χ1v) is 5.96. The number of anilines is 1. The van der Waals surface area contributed by atoms with Gasteiger partial charge < -0.3 is 10.5 Å². The van der Waals surface area contributed by atoms with Crippen molar-refractivity contribution in [3.63, 3.8) is 0 Å². The van der Waals surface area contributed by atoms with Crippen molar-refractivity contribution in [1.29, 1.82) is 0 Å². The zero-order chi connectivity index (χ0) is 14.0. The highest BCUT2D eigenvalue weighted by Crippen LogP contribution is 2.28. The second-order valence-electron chi connectivity index (χ2n) is 3.69. The summed E-state index contributed by atoms with van der Waals surface area (Å²) >= 11 is 3.18.